The van der Waals surface area contributed by atoms with Crippen LogP contribution in [0.15, 0.2) is 95.9 Å². The van der Waals surface area contributed by atoms with Crippen molar-refractivity contribution >= 4 is 32.5 Å². The van der Waals surface area contributed by atoms with Gasteiger partial charge in [0.05, 0.1) is 11.4 Å². The van der Waals surface area contributed by atoms with Gasteiger partial charge < -0.3 is 15.0 Å². The first-order valence-electron chi connectivity index (χ1n) is 11.5. The molecule has 0 heterocycles. The second kappa shape index (κ2) is 10.8. The highest BCUT2D eigenvalue weighted by molar-refractivity contribution is 7.89. The highest BCUT2D eigenvalue weighted by atomic mass is 32.2. The molecule has 0 radical (unpaired) electrons. The molecule has 186 valence electrons. The van der Waals surface area contributed by atoms with E-state index in [1.807, 2.05) is 66.7 Å². The van der Waals surface area contributed by atoms with Gasteiger partial charge in [-0.1, -0.05) is 60.7 Å². The average Bonchev–Trinajstić information content (AvgIpc) is 2.89. The summed E-state index contributed by atoms with van der Waals surface area (Å²) < 4.78 is 31.9. The topological polar surface area (TPSA) is 79.0 Å². The fourth-order valence-electron chi connectivity index (χ4n) is 3.80. The molecule has 1 N–H and O–H groups in total. The van der Waals surface area contributed by atoms with Crippen LogP contribution >= 0.6 is 0 Å². The number of ether oxygens (including phenoxy) is 1. The predicted octanol–water partition coefficient (Wildman–Crippen LogP) is 5.33. The zero-order valence-corrected chi connectivity index (χ0v) is 21.3. The van der Waals surface area contributed by atoms with Gasteiger partial charge in [0, 0.05) is 32.4 Å². The third kappa shape index (κ3) is 5.67. The Hall–Kier alpha value is -3.88. The minimum Gasteiger partial charge on any atom is -0.489 e. The van der Waals surface area contributed by atoms with Gasteiger partial charge in [-0.3, -0.25) is 0 Å². The van der Waals surface area contributed by atoms with E-state index in [0.717, 1.165) is 32.0 Å². The standard InChI is InChI=1S/C28H29N3O4S/c1-30(2)36(33,34)24-16-14-23(15-17-24)29-28(32)31(3)19-26-25-12-8-7-11-22(25)13-18-27(26)35-20-21-9-5-4-6-10-21/h4-18H,19-20H2,1-3H3,(H,29,32). The SMILES string of the molecule is CN(Cc1c(OCc2ccccc2)ccc2ccccc12)C(=O)Nc1ccc(S(=O)(=O)N(C)C)cc1. The van der Waals surface area contributed by atoms with Crippen LogP contribution in [0.25, 0.3) is 10.8 Å². The molecular weight excluding hydrogens is 474 g/mol. The van der Waals surface area contributed by atoms with E-state index in [0.29, 0.717) is 18.8 Å². The van der Waals surface area contributed by atoms with E-state index >= 15 is 0 Å². The third-order valence-corrected chi connectivity index (χ3v) is 7.69. The fourth-order valence-corrected chi connectivity index (χ4v) is 4.70. The van der Waals surface area contributed by atoms with Crippen molar-refractivity contribution in [2.75, 3.05) is 26.5 Å². The molecule has 4 aromatic rings. The van der Waals surface area contributed by atoms with E-state index in [4.69, 9.17) is 4.74 Å². The summed E-state index contributed by atoms with van der Waals surface area (Å²) in [4.78, 5) is 14.7. The molecule has 0 fully saturated rings. The van der Waals surface area contributed by atoms with Crippen molar-refractivity contribution in [2.24, 2.45) is 0 Å². The number of benzene rings is 4. The molecule has 4 rings (SSSR count). The number of sulfonamides is 1. The van der Waals surface area contributed by atoms with Crippen molar-refractivity contribution in [1.82, 2.24) is 9.21 Å². The molecule has 2 amide bonds. The van der Waals surface area contributed by atoms with Crippen LogP contribution in [0.3, 0.4) is 0 Å². The highest BCUT2D eigenvalue weighted by Crippen LogP contribution is 2.30. The fraction of sp³-hybridized carbons (Fsp3) is 0.179. The Balaban J connectivity index is 1.52. The van der Waals surface area contributed by atoms with E-state index in [1.54, 1.807) is 24.1 Å². The minimum absolute atomic E-state index is 0.162. The van der Waals surface area contributed by atoms with Gasteiger partial charge in [-0.25, -0.2) is 17.5 Å². The van der Waals surface area contributed by atoms with E-state index in [1.165, 1.54) is 26.2 Å². The Morgan fingerprint density at radius 3 is 2.19 bits per heavy atom. The van der Waals surface area contributed by atoms with Crippen LogP contribution in [-0.2, 0) is 23.2 Å². The zero-order chi connectivity index (χ0) is 25.7. The second-order valence-corrected chi connectivity index (χ2v) is 10.8. The number of rotatable bonds is 8. The molecule has 0 aliphatic heterocycles. The summed E-state index contributed by atoms with van der Waals surface area (Å²) >= 11 is 0. The summed E-state index contributed by atoms with van der Waals surface area (Å²) in [5.74, 6) is 0.718. The number of nitrogens with one attached hydrogen (secondary N) is 1. The lowest BCUT2D eigenvalue weighted by atomic mass is 10.0. The summed E-state index contributed by atoms with van der Waals surface area (Å²) in [5, 5.41) is 4.91. The maximum absolute atomic E-state index is 13.0. The molecule has 0 saturated carbocycles. The van der Waals surface area contributed by atoms with Crippen molar-refractivity contribution in [3.63, 3.8) is 0 Å². The third-order valence-electron chi connectivity index (χ3n) is 5.86. The summed E-state index contributed by atoms with van der Waals surface area (Å²) in [6.07, 6.45) is 0. The second-order valence-electron chi connectivity index (χ2n) is 8.64. The van der Waals surface area contributed by atoms with Crippen LogP contribution in [0, 0.1) is 0 Å². The Morgan fingerprint density at radius 2 is 1.50 bits per heavy atom. The molecule has 0 saturated heterocycles. The largest absolute Gasteiger partial charge is 0.489 e. The van der Waals surface area contributed by atoms with E-state index < -0.39 is 10.0 Å². The lowest BCUT2D eigenvalue weighted by molar-refractivity contribution is 0.219. The maximum Gasteiger partial charge on any atom is 0.321 e. The molecule has 0 aliphatic rings. The smallest absolute Gasteiger partial charge is 0.321 e. The number of carbonyl (C=O) groups is 1. The van der Waals surface area contributed by atoms with Gasteiger partial charge in [-0.05, 0) is 46.7 Å². The molecular formula is C28H29N3O4S. The van der Waals surface area contributed by atoms with Crippen molar-refractivity contribution < 1.29 is 17.9 Å². The average molecular weight is 504 g/mol. The van der Waals surface area contributed by atoms with Crippen molar-refractivity contribution in [2.45, 2.75) is 18.0 Å². The van der Waals surface area contributed by atoms with Crippen LogP contribution in [0.2, 0.25) is 0 Å². The van der Waals surface area contributed by atoms with Crippen LogP contribution in [0.1, 0.15) is 11.1 Å². The number of fused-ring (bicyclic) bond motifs is 1. The molecule has 0 atom stereocenters. The molecule has 4 aromatic carbocycles. The number of hydrogen-bond donors (Lipinski definition) is 1. The Morgan fingerprint density at radius 1 is 0.833 bits per heavy atom. The van der Waals surface area contributed by atoms with Gasteiger partial charge in [-0.15, -0.1) is 0 Å². The molecule has 0 aromatic heterocycles. The molecule has 0 bridgehead atoms. The predicted molar refractivity (Wildman–Crippen MR) is 143 cm³/mol. The van der Waals surface area contributed by atoms with Gasteiger partial charge in [0.25, 0.3) is 0 Å². The summed E-state index contributed by atoms with van der Waals surface area (Å²) in [5.41, 5.74) is 2.47. The van der Waals surface area contributed by atoms with Gasteiger partial charge in [0.1, 0.15) is 12.4 Å². The molecule has 7 nitrogen and oxygen atoms in total. The molecule has 0 aliphatic carbocycles. The van der Waals surface area contributed by atoms with Crippen LogP contribution < -0.4 is 10.1 Å². The quantitative estimate of drug-likeness (QED) is 0.352. The Kier molecular flexibility index (Phi) is 7.57. The van der Waals surface area contributed by atoms with Gasteiger partial charge in [-0.2, -0.15) is 0 Å². The molecule has 8 heteroatoms. The van der Waals surface area contributed by atoms with Crippen molar-refractivity contribution in [3.8, 4) is 5.75 Å². The number of urea groups is 1. The van der Waals surface area contributed by atoms with Gasteiger partial charge in [0.15, 0.2) is 0 Å². The Labute approximate surface area is 212 Å². The van der Waals surface area contributed by atoms with Crippen LogP contribution in [0.5, 0.6) is 5.75 Å². The number of nitrogens with zero attached hydrogens (tertiary/aromatic N) is 2. The molecule has 36 heavy (non-hydrogen) atoms. The summed E-state index contributed by atoms with van der Waals surface area (Å²) in [6.45, 7) is 0.745. The van der Waals surface area contributed by atoms with Crippen LogP contribution in [0.4, 0.5) is 10.5 Å². The lowest BCUT2D eigenvalue weighted by Crippen LogP contribution is -2.31. The zero-order valence-electron chi connectivity index (χ0n) is 20.5. The first-order chi connectivity index (χ1) is 17.3. The number of amides is 2. The highest BCUT2D eigenvalue weighted by Gasteiger charge is 2.18. The van der Waals surface area contributed by atoms with E-state index in [2.05, 4.69) is 5.32 Å². The summed E-state index contributed by atoms with van der Waals surface area (Å²) in [6, 6.07) is 27.7. The summed E-state index contributed by atoms with van der Waals surface area (Å²) in [7, 11) is 1.13. The van der Waals surface area contributed by atoms with E-state index in [9.17, 15) is 13.2 Å². The first kappa shape index (κ1) is 25.2. The lowest BCUT2D eigenvalue weighted by Gasteiger charge is -2.22. The molecule has 0 unspecified atom stereocenters. The molecule has 0 spiro atoms. The Bertz CT molecular complexity index is 1450. The van der Waals surface area contributed by atoms with Crippen molar-refractivity contribution in [3.05, 3.63) is 102 Å². The number of hydrogen-bond acceptors (Lipinski definition) is 4. The van der Waals surface area contributed by atoms with Gasteiger partial charge in [0.2, 0.25) is 10.0 Å². The first-order valence-corrected chi connectivity index (χ1v) is 12.9. The minimum atomic E-state index is -3.53. The maximum atomic E-state index is 13.0. The normalized spacial score (nSPS) is 11.4. The number of carbonyl (C=O) groups excluding carboxylic acids is 1. The van der Waals surface area contributed by atoms with Gasteiger partial charge >= 0.3 is 6.03 Å². The monoisotopic (exact) mass is 503 g/mol. The van der Waals surface area contributed by atoms with Crippen LogP contribution in [-0.4, -0.2) is 44.8 Å². The number of anilines is 1. The van der Waals surface area contributed by atoms with E-state index in [-0.39, 0.29) is 10.9 Å². The van der Waals surface area contributed by atoms with Crippen molar-refractivity contribution in [1.29, 1.82) is 0 Å².